The zero-order valence-electron chi connectivity index (χ0n) is 11.9. The fourth-order valence-corrected chi connectivity index (χ4v) is 3.18. The van der Waals surface area contributed by atoms with Gasteiger partial charge >= 0.3 is 0 Å². The van der Waals surface area contributed by atoms with Crippen molar-refractivity contribution in [3.8, 4) is 0 Å². The number of likely N-dealkylation sites (N-methyl/N-ethyl adjacent to an activating group) is 1. The van der Waals surface area contributed by atoms with E-state index in [2.05, 4.69) is 44.9 Å². The van der Waals surface area contributed by atoms with Gasteiger partial charge in [-0.2, -0.15) is 0 Å². The van der Waals surface area contributed by atoms with Crippen LogP contribution in [0.5, 0.6) is 0 Å². The Bertz CT molecular complexity index is 671. The lowest BCUT2D eigenvalue weighted by atomic mass is 10.1. The first-order valence-corrected chi connectivity index (χ1v) is 7.79. The fourth-order valence-electron chi connectivity index (χ4n) is 2.68. The summed E-state index contributed by atoms with van der Waals surface area (Å²) in [6, 6.07) is 15.8. The highest BCUT2D eigenvalue weighted by atomic mass is 79.9. The summed E-state index contributed by atoms with van der Waals surface area (Å²) < 4.78 is 0.859. The second-order valence-electron chi connectivity index (χ2n) is 5.23. The largest absolute Gasteiger partial charge is 0.371 e. The summed E-state index contributed by atoms with van der Waals surface area (Å²) in [4.78, 5) is 16.9. The van der Waals surface area contributed by atoms with Crippen LogP contribution in [0.2, 0.25) is 0 Å². The minimum Gasteiger partial charge on any atom is -0.371 e. The highest BCUT2D eigenvalue weighted by Crippen LogP contribution is 2.31. The average molecular weight is 345 g/mol. The van der Waals surface area contributed by atoms with Crippen LogP contribution >= 0.6 is 15.9 Å². The Balaban J connectivity index is 1.85. The summed E-state index contributed by atoms with van der Waals surface area (Å²) in [6.45, 7) is 2.21. The number of rotatable bonds is 3. The molecule has 3 rings (SSSR count). The molecule has 0 saturated carbocycles. The van der Waals surface area contributed by atoms with Crippen molar-refractivity contribution in [2.24, 2.45) is 0 Å². The molecule has 0 spiro atoms. The molecule has 0 saturated heterocycles. The SMILES string of the molecule is CN1CCN(CC(=O)c2ccccc2Br)c2ccccc21. The van der Waals surface area contributed by atoms with Crippen molar-refractivity contribution >= 4 is 33.1 Å². The number of carbonyl (C=O) groups excluding carboxylic acids is 1. The number of fused-ring (bicyclic) bond motifs is 1. The van der Waals surface area contributed by atoms with Crippen LogP contribution in [0.15, 0.2) is 53.0 Å². The molecule has 0 fully saturated rings. The number of halogens is 1. The lowest BCUT2D eigenvalue weighted by molar-refractivity contribution is 0.0998. The fraction of sp³-hybridized carbons (Fsp3) is 0.235. The van der Waals surface area contributed by atoms with Crippen LogP contribution in [0, 0.1) is 0 Å². The standard InChI is InChI=1S/C17H17BrN2O/c1-19-10-11-20(16-9-5-4-8-15(16)19)12-17(21)13-6-2-3-7-14(13)18/h2-9H,10-12H2,1H3. The second kappa shape index (κ2) is 5.90. The molecule has 4 heteroatoms. The molecule has 0 aliphatic carbocycles. The van der Waals surface area contributed by atoms with Crippen molar-refractivity contribution in [3.63, 3.8) is 0 Å². The first-order valence-electron chi connectivity index (χ1n) is 6.99. The number of nitrogens with zero attached hydrogens (tertiary/aromatic N) is 2. The predicted octanol–water partition coefficient (Wildman–Crippen LogP) is 3.59. The highest BCUT2D eigenvalue weighted by Gasteiger charge is 2.22. The molecule has 0 radical (unpaired) electrons. The summed E-state index contributed by atoms with van der Waals surface area (Å²) in [5.74, 6) is 0.141. The van der Waals surface area contributed by atoms with Crippen molar-refractivity contribution in [1.29, 1.82) is 0 Å². The van der Waals surface area contributed by atoms with Crippen LogP contribution in [-0.2, 0) is 0 Å². The Kier molecular flexibility index (Phi) is 3.97. The Morgan fingerprint density at radius 1 is 1.05 bits per heavy atom. The second-order valence-corrected chi connectivity index (χ2v) is 6.09. The smallest absolute Gasteiger partial charge is 0.183 e. The van der Waals surface area contributed by atoms with Crippen molar-refractivity contribution in [2.75, 3.05) is 36.5 Å². The van der Waals surface area contributed by atoms with Gasteiger partial charge in [0, 0.05) is 30.2 Å². The van der Waals surface area contributed by atoms with Gasteiger partial charge in [-0.15, -0.1) is 0 Å². The van der Waals surface area contributed by atoms with E-state index in [1.54, 1.807) is 0 Å². The third-order valence-electron chi connectivity index (χ3n) is 3.85. The summed E-state index contributed by atoms with van der Waals surface area (Å²) in [6.07, 6.45) is 0. The monoisotopic (exact) mass is 344 g/mol. The molecule has 1 heterocycles. The van der Waals surface area contributed by atoms with Crippen molar-refractivity contribution < 1.29 is 4.79 Å². The van der Waals surface area contributed by atoms with E-state index in [0.717, 1.165) is 28.8 Å². The molecule has 2 aromatic rings. The predicted molar refractivity (Wildman–Crippen MR) is 90.4 cm³/mol. The molecule has 0 unspecified atom stereocenters. The minimum atomic E-state index is 0.141. The number of anilines is 2. The zero-order chi connectivity index (χ0) is 14.8. The van der Waals surface area contributed by atoms with Crippen LogP contribution in [0.1, 0.15) is 10.4 Å². The summed E-state index contributed by atoms with van der Waals surface area (Å²) in [5, 5.41) is 0. The van der Waals surface area contributed by atoms with Gasteiger partial charge in [-0.3, -0.25) is 4.79 Å². The van der Waals surface area contributed by atoms with Gasteiger partial charge in [-0.1, -0.05) is 46.3 Å². The van der Waals surface area contributed by atoms with Gasteiger partial charge < -0.3 is 9.80 Å². The third kappa shape index (κ3) is 2.81. The van der Waals surface area contributed by atoms with E-state index >= 15 is 0 Å². The summed E-state index contributed by atoms with van der Waals surface area (Å²) in [7, 11) is 2.09. The number of Topliss-reactive ketones (excluding diaryl/α,β-unsaturated/α-hetero) is 1. The molecule has 0 bridgehead atoms. The van der Waals surface area contributed by atoms with E-state index in [-0.39, 0.29) is 5.78 Å². The zero-order valence-corrected chi connectivity index (χ0v) is 13.5. The molecule has 1 aliphatic heterocycles. The van der Waals surface area contributed by atoms with Gasteiger partial charge in [0.2, 0.25) is 0 Å². The molecule has 1 aliphatic rings. The number of carbonyl (C=O) groups is 1. The van der Waals surface area contributed by atoms with Gasteiger partial charge in [0.1, 0.15) is 0 Å². The Morgan fingerprint density at radius 2 is 1.71 bits per heavy atom. The Labute approximate surface area is 133 Å². The number of benzene rings is 2. The van der Waals surface area contributed by atoms with Crippen LogP contribution in [0.3, 0.4) is 0 Å². The molecule has 0 atom stereocenters. The molecule has 2 aromatic carbocycles. The number of hydrogen-bond donors (Lipinski definition) is 0. The maximum atomic E-state index is 12.5. The van der Waals surface area contributed by atoms with Crippen LogP contribution < -0.4 is 9.80 Å². The molecular formula is C17H17BrN2O. The summed E-state index contributed by atoms with van der Waals surface area (Å²) >= 11 is 3.46. The number of hydrogen-bond acceptors (Lipinski definition) is 3. The van der Waals surface area contributed by atoms with Crippen LogP contribution in [-0.4, -0.2) is 32.5 Å². The lowest BCUT2D eigenvalue weighted by Crippen LogP contribution is -2.41. The van der Waals surface area contributed by atoms with Crippen molar-refractivity contribution in [2.45, 2.75) is 0 Å². The maximum Gasteiger partial charge on any atom is 0.183 e. The molecule has 0 aromatic heterocycles. The van der Waals surface area contributed by atoms with E-state index < -0.39 is 0 Å². The van der Waals surface area contributed by atoms with Crippen molar-refractivity contribution in [3.05, 3.63) is 58.6 Å². The van der Waals surface area contributed by atoms with E-state index in [9.17, 15) is 4.79 Å². The first-order chi connectivity index (χ1) is 10.2. The van der Waals surface area contributed by atoms with Gasteiger partial charge in [0.25, 0.3) is 0 Å². The maximum absolute atomic E-state index is 12.5. The quantitative estimate of drug-likeness (QED) is 0.795. The van der Waals surface area contributed by atoms with Gasteiger partial charge in [-0.05, 0) is 18.2 Å². The Hall–Kier alpha value is -1.81. The molecule has 108 valence electrons. The number of ketones is 1. The summed E-state index contributed by atoms with van der Waals surface area (Å²) in [5.41, 5.74) is 3.06. The van der Waals surface area contributed by atoms with Gasteiger partial charge in [-0.25, -0.2) is 0 Å². The van der Waals surface area contributed by atoms with Crippen LogP contribution in [0.25, 0.3) is 0 Å². The van der Waals surface area contributed by atoms with E-state index in [4.69, 9.17) is 0 Å². The normalized spacial score (nSPS) is 14.0. The molecular weight excluding hydrogens is 328 g/mol. The molecule has 0 N–H and O–H groups in total. The number of para-hydroxylation sites is 2. The minimum absolute atomic E-state index is 0.141. The third-order valence-corrected chi connectivity index (χ3v) is 4.54. The Morgan fingerprint density at radius 3 is 2.48 bits per heavy atom. The van der Waals surface area contributed by atoms with E-state index in [0.29, 0.717) is 6.54 Å². The van der Waals surface area contributed by atoms with Crippen molar-refractivity contribution in [1.82, 2.24) is 0 Å². The molecule has 21 heavy (non-hydrogen) atoms. The van der Waals surface area contributed by atoms with Crippen LogP contribution in [0.4, 0.5) is 11.4 Å². The molecule has 3 nitrogen and oxygen atoms in total. The van der Waals surface area contributed by atoms with Gasteiger partial charge in [0.15, 0.2) is 5.78 Å². The van der Waals surface area contributed by atoms with Gasteiger partial charge in [0.05, 0.1) is 17.9 Å². The average Bonchev–Trinajstić information content (AvgIpc) is 2.51. The lowest BCUT2D eigenvalue weighted by Gasteiger charge is -2.36. The topological polar surface area (TPSA) is 23.6 Å². The molecule has 0 amide bonds. The highest BCUT2D eigenvalue weighted by molar-refractivity contribution is 9.10. The first kappa shape index (κ1) is 14.1. The van der Waals surface area contributed by atoms with E-state index in [1.165, 1.54) is 5.69 Å². The van der Waals surface area contributed by atoms with E-state index in [1.807, 2.05) is 36.4 Å².